The Kier molecular flexibility index (Phi) is 9.84. The van der Waals surface area contributed by atoms with Crippen molar-refractivity contribution < 1.29 is 29.1 Å². The number of hydrogen-bond acceptors (Lipinski definition) is 5. The molecule has 4 amide bonds. The minimum absolute atomic E-state index is 0.0192. The molecular weight excluding hydrogens is 428 g/mol. The number of hydrogen-bond donors (Lipinski definition) is 4. The van der Waals surface area contributed by atoms with E-state index in [9.17, 15) is 19.2 Å². The standard InChI is InChI=1S/C22H30N4O4.CH2O2/c1-14(27)24-19-6-2-4-16(12-19)21(29)25-18-9-7-15(8-10-18)22(30)26-11-3-5-17(13-26)20(23)28;2-1-3/h2,4,6,12,15,17-18H,3,5,7-11,13H2,1H3,(H2,23,28)(H,24,27)(H,25,29);1H,(H,2,3). The van der Waals surface area contributed by atoms with Crippen molar-refractivity contribution in [3.8, 4) is 0 Å². The van der Waals surface area contributed by atoms with Crippen LogP contribution in [-0.2, 0) is 19.2 Å². The first kappa shape index (κ1) is 25.8. The molecule has 2 fully saturated rings. The van der Waals surface area contributed by atoms with E-state index in [4.69, 9.17) is 15.6 Å². The lowest BCUT2D eigenvalue weighted by molar-refractivity contribution is -0.139. The first-order valence-corrected chi connectivity index (χ1v) is 11.1. The summed E-state index contributed by atoms with van der Waals surface area (Å²) >= 11 is 0. The predicted octanol–water partition coefficient (Wildman–Crippen LogP) is 1.36. The molecule has 1 aromatic carbocycles. The van der Waals surface area contributed by atoms with Crippen LogP contribution in [0.15, 0.2) is 24.3 Å². The summed E-state index contributed by atoms with van der Waals surface area (Å²) in [6, 6.07) is 6.84. The van der Waals surface area contributed by atoms with Gasteiger partial charge in [-0.1, -0.05) is 6.07 Å². The number of amides is 4. The lowest BCUT2D eigenvalue weighted by atomic mass is 9.84. The fourth-order valence-corrected chi connectivity index (χ4v) is 4.36. The van der Waals surface area contributed by atoms with E-state index in [0.29, 0.717) is 37.2 Å². The third-order valence-electron chi connectivity index (χ3n) is 5.99. The maximum absolute atomic E-state index is 12.8. The Balaban J connectivity index is 0.00000122. The SMILES string of the molecule is CC(=O)Nc1cccc(C(=O)NC2CCC(C(=O)N3CCCC(C(N)=O)C3)CC2)c1.O=CO. The van der Waals surface area contributed by atoms with Crippen molar-refractivity contribution in [2.45, 2.75) is 51.5 Å². The first-order valence-electron chi connectivity index (χ1n) is 11.1. The van der Waals surface area contributed by atoms with E-state index < -0.39 is 0 Å². The maximum atomic E-state index is 12.8. The molecule has 5 N–H and O–H groups in total. The lowest BCUT2D eigenvalue weighted by Crippen LogP contribution is -2.47. The molecule has 180 valence electrons. The van der Waals surface area contributed by atoms with Crippen LogP contribution in [0.2, 0.25) is 0 Å². The summed E-state index contributed by atoms with van der Waals surface area (Å²) in [7, 11) is 0. The summed E-state index contributed by atoms with van der Waals surface area (Å²) in [6.45, 7) is 2.28. The Morgan fingerprint density at radius 1 is 1.09 bits per heavy atom. The fourth-order valence-electron chi connectivity index (χ4n) is 4.36. The molecule has 1 atom stereocenters. The summed E-state index contributed by atoms with van der Waals surface area (Å²) in [5, 5.41) is 12.6. The molecule has 10 nitrogen and oxygen atoms in total. The van der Waals surface area contributed by atoms with Gasteiger partial charge in [-0.05, 0) is 56.7 Å². The molecule has 1 unspecified atom stereocenters. The number of piperidine rings is 1. The van der Waals surface area contributed by atoms with Gasteiger partial charge in [0.1, 0.15) is 0 Å². The number of benzene rings is 1. The van der Waals surface area contributed by atoms with Crippen LogP contribution in [0.5, 0.6) is 0 Å². The number of rotatable bonds is 5. The van der Waals surface area contributed by atoms with E-state index in [-0.39, 0.29) is 48.0 Å². The zero-order valence-electron chi connectivity index (χ0n) is 18.8. The van der Waals surface area contributed by atoms with Gasteiger partial charge < -0.3 is 26.4 Å². The number of nitrogens with one attached hydrogen (secondary N) is 2. The lowest BCUT2D eigenvalue weighted by Gasteiger charge is -2.36. The van der Waals surface area contributed by atoms with Crippen LogP contribution in [0.25, 0.3) is 0 Å². The maximum Gasteiger partial charge on any atom is 0.290 e. The molecule has 1 aliphatic carbocycles. The number of nitrogens with zero attached hydrogens (tertiary/aromatic N) is 1. The van der Waals surface area contributed by atoms with Gasteiger partial charge in [-0.3, -0.25) is 24.0 Å². The minimum Gasteiger partial charge on any atom is -0.483 e. The van der Waals surface area contributed by atoms with Gasteiger partial charge in [0.15, 0.2) is 0 Å². The van der Waals surface area contributed by atoms with E-state index in [1.807, 2.05) is 0 Å². The van der Waals surface area contributed by atoms with Gasteiger partial charge in [0.05, 0.1) is 5.92 Å². The summed E-state index contributed by atoms with van der Waals surface area (Å²) in [4.78, 5) is 58.2. The van der Waals surface area contributed by atoms with Gasteiger partial charge in [0, 0.05) is 43.2 Å². The van der Waals surface area contributed by atoms with Crippen molar-refractivity contribution in [2.24, 2.45) is 17.6 Å². The van der Waals surface area contributed by atoms with Crippen LogP contribution in [-0.4, -0.2) is 59.2 Å². The third-order valence-corrected chi connectivity index (χ3v) is 5.99. The quantitative estimate of drug-likeness (QED) is 0.486. The molecule has 0 bridgehead atoms. The summed E-state index contributed by atoms with van der Waals surface area (Å²) in [5.74, 6) is -0.904. The van der Waals surface area contributed by atoms with E-state index in [2.05, 4.69) is 10.6 Å². The van der Waals surface area contributed by atoms with E-state index in [0.717, 1.165) is 25.7 Å². The van der Waals surface area contributed by atoms with Crippen molar-refractivity contribution in [1.29, 1.82) is 0 Å². The van der Waals surface area contributed by atoms with Crippen LogP contribution in [0, 0.1) is 11.8 Å². The van der Waals surface area contributed by atoms with Gasteiger partial charge >= 0.3 is 0 Å². The van der Waals surface area contributed by atoms with Crippen molar-refractivity contribution in [3.63, 3.8) is 0 Å². The number of nitrogens with two attached hydrogens (primary N) is 1. The zero-order valence-corrected chi connectivity index (χ0v) is 18.8. The molecule has 1 aromatic rings. The first-order chi connectivity index (χ1) is 15.7. The third kappa shape index (κ3) is 7.89. The normalized spacial score (nSPS) is 22.2. The van der Waals surface area contributed by atoms with E-state index in [1.165, 1.54) is 6.92 Å². The van der Waals surface area contributed by atoms with Crippen molar-refractivity contribution in [2.75, 3.05) is 18.4 Å². The van der Waals surface area contributed by atoms with E-state index in [1.54, 1.807) is 29.2 Å². The van der Waals surface area contributed by atoms with Gasteiger partial charge in [-0.25, -0.2) is 0 Å². The summed E-state index contributed by atoms with van der Waals surface area (Å²) < 4.78 is 0. The molecule has 1 heterocycles. The second kappa shape index (κ2) is 12.6. The monoisotopic (exact) mass is 460 g/mol. The second-order valence-corrected chi connectivity index (χ2v) is 8.42. The average Bonchev–Trinajstić information content (AvgIpc) is 2.79. The highest BCUT2D eigenvalue weighted by Crippen LogP contribution is 2.28. The predicted molar refractivity (Wildman–Crippen MR) is 121 cm³/mol. The van der Waals surface area contributed by atoms with Gasteiger partial charge in [-0.15, -0.1) is 0 Å². The van der Waals surface area contributed by atoms with Crippen molar-refractivity contribution >= 4 is 35.8 Å². The number of likely N-dealkylation sites (tertiary alicyclic amines) is 1. The number of primary amides is 1. The zero-order chi connectivity index (χ0) is 24.4. The Hall–Kier alpha value is -3.43. The van der Waals surface area contributed by atoms with Crippen molar-refractivity contribution in [3.05, 3.63) is 29.8 Å². The molecule has 33 heavy (non-hydrogen) atoms. The van der Waals surface area contributed by atoms with Gasteiger partial charge in [0.2, 0.25) is 17.7 Å². The summed E-state index contributed by atoms with van der Waals surface area (Å²) in [5.41, 5.74) is 6.49. The molecule has 3 rings (SSSR count). The molecule has 0 spiro atoms. The largest absolute Gasteiger partial charge is 0.483 e. The average molecular weight is 461 g/mol. The highest BCUT2D eigenvalue weighted by Gasteiger charge is 2.33. The van der Waals surface area contributed by atoms with Crippen LogP contribution in [0.1, 0.15) is 55.8 Å². The van der Waals surface area contributed by atoms with Crippen LogP contribution >= 0.6 is 0 Å². The highest BCUT2D eigenvalue weighted by atomic mass is 16.3. The molecule has 1 saturated carbocycles. The van der Waals surface area contributed by atoms with Crippen LogP contribution < -0.4 is 16.4 Å². The Morgan fingerprint density at radius 3 is 2.36 bits per heavy atom. The minimum atomic E-state index is -0.332. The molecule has 10 heteroatoms. The number of anilines is 1. The van der Waals surface area contributed by atoms with Crippen LogP contribution in [0.4, 0.5) is 5.69 Å². The smallest absolute Gasteiger partial charge is 0.290 e. The Bertz CT molecular complexity index is 866. The summed E-state index contributed by atoms with van der Waals surface area (Å²) in [6.07, 6.45) is 4.46. The molecule has 1 saturated heterocycles. The van der Waals surface area contributed by atoms with Crippen molar-refractivity contribution in [1.82, 2.24) is 10.2 Å². The van der Waals surface area contributed by atoms with Gasteiger partial charge in [0.25, 0.3) is 12.4 Å². The topological polar surface area (TPSA) is 159 Å². The second-order valence-electron chi connectivity index (χ2n) is 8.42. The molecule has 0 aromatic heterocycles. The molecule has 0 radical (unpaired) electrons. The van der Waals surface area contributed by atoms with E-state index >= 15 is 0 Å². The molecule has 1 aliphatic heterocycles. The Morgan fingerprint density at radius 2 is 1.76 bits per heavy atom. The van der Waals surface area contributed by atoms with Gasteiger partial charge in [-0.2, -0.15) is 0 Å². The number of carbonyl (C=O) groups is 5. The number of carboxylic acid groups (broad SMARTS) is 1. The fraction of sp³-hybridized carbons (Fsp3) is 0.522. The van der Waals surface area contributed by atoms with Crippen LogP contribution in [0.3, 0.4) is 0 Å². The highest BCUT2D eigenvalue weighted by molar-refractivity contribution is 5.97. The number of carbonyl (C=O) groups excluding carboxylic acids is 4. The molecular formula is C23H32N4O6. The molecule has 2 aliphatic rings. The Labute approximate surface area is 192 Å².